The Bertz CT molecular complexity index is 640. The van der Waals surface area contributed by atoms with Crippen molar-refractivity contribution in [3.05, 3.63) is 11.3 Å². The molecule has 0 atom stereocenters. The average molecular weight is 359 g/mol. The number of rotatable bonds is 2. The topological polar surface area (TPSA) is 55.8 Å². The van der Waals surface area contributed by atoms with Crippen LogP contribution < -0.4 is 0 Å². The van der Waals surface area contributed by atoms with E-state index in [0.717, 1.165) is 18.4 Å². The van der Waals surface area contributed by atoms with Gasteiger partial charge in [-0.1, -0.05) is 0 Å². The van der Waals surface area contributed by atoms with Gasteiger partial charge in [0.25, 0.3) is 0 Å². The Hall–Kier alpha value is -0.435. The van der Waals surface area contributed by atoms with Crippen LogP contribution in [0.15, 0.2) is 11.3 Å². The summed E-state index contributed by atoms with van der Waals surface area (Å²) in [6.07, 6.45) is 4.19. The molecular weight excluding hydrogens is 332 g/mol. The summed E-state index contributed by atoms with van der Waals surface area (Å²) in [5, 5.41) is 0. The molecule has 136 valence electrons. The molecule has 0 aromatic rings. The number of allylic oxidation sites excluding steroid dienone is 1. The van der Waals surface area contributed by atoms with E-state index in [0.29, 0.717) is 25.9 Å². The lowest BCUT2D eigenvalue weighted by Gasteiger charge is -2.49. The van der Waals surface area contributed by atoms with Crippen molar-refractivity contribution in [2.24, 2.45) is 5.41 Å². The van der Waals surface area contributed by atoms with Crippen molar-refractivity contribution in [1.82, 2.24) is 4.31 Å². The Morgan fingerprint density at radius 3 is 1.96 bits per heavy atom. The number of hydrogen-bond acceptors (Lipinski definition) is 4. The highest BCUT2D eigenvalue weighted by atomic mass is 32.2. The molecule has 0 radical (unpaired) electrons. The van der Waals surface area contributed by atoms with Gasteiger partial charge in [0.05, 0.1) is 17.5 Å². The van der Waals surface area contributed by atoms with E-state index in [1.54, 1.807) is 0 Å². The number of sulfonamides is 1. The normalized spacial score (nSPS) is 28.9. The van der Waals surface area contributed by atoms with Gasteiger partial charge in [-0.05, 0) is 64.4 Å². The molecule has 8 heteroatoms. The highest BCUT2D eigenvalue weighted by molar-refractivity contribution is 7.88. The van der Waals surface area contributed by atoms with E-state index in [-0.39, 0.29) is 11.1 Å². The predicted octanol–water partition coefficient (Wildman–Crippen LogP) is 2.68. The quantitative estimate of drug-likeness (QED) is 0.712. The van der Waals surface area contributed by atoms with Crippen LogP contribution in [0.2, 0.25) is 0 Å². The standard InChI is InChI=1S/C16H27BFNO4S/c1-14(2)15(3,4)23-17(22-14)13(18)12-10-16(11-12)6-8-19(9-7-16)24(5,20)21/h6-11H2,1-5H3. The van der Waals surface area contributed by atoms with Gasteiger partial charge in [-0.15, -0.1) is 0 Å². The van der Waals surface area contributed by atoms with Gasteiger partial charge in [-0.3, -0.25) is 0 Å². The largest absolute Gasteiger partial charge is 0.525 e. The van der Waals surface area contributed by atoms with Gasteiger partial charge < -0.3 is 9.31 Å². The van der Waals surface area contributed by atoms with Crippen molar-refractivity contribution in [2.45, 2.75) is 64.6 Å². The lowest BCUT2D eigenvalue weighted by atomic mass is 9.58. The minimum atomic E-state index is -3.12. The van der Waals surface area contributed by atoms with Crippen molar-refractivity contribution >= 4 is 17.1 Å². The molecule has 3 fully saturated rings. The van der Waals surface area contributed by atoms with Gasteiger partial charge >= 0.3 is 7.12 Å². The van der Waals surface area contributed by atoms with Crippen molar-refractivity contribution < 1.29 is 22.1 Å². The zero-order valence-electron chi connectivity index (χ0n) is 15.2. The maximum Gasteiger partial charge on any atom is 0.525 e. The molecule has 24 heavy (non-hydrogen) atoms. The maximum atomic E-state index is 14.8. The molecule has 0 bridgehead atoms. The summed E-state index contributed by atoms with van der Waals surface area (Å²) in [4.78, 5) is 0. The summed E-state index contributed by atoms with van der Waals surface area (Å²) in [6.45, 7) is 8.71. The first-order valence-electron chi connectivity index (χ1n) is 8.54. The van der Waals surface area contributed by atoms with E-state index < -0.39 is 28.3 Å². The van der Waals surface area contributed by atoms with Crippen molar-refractivity contribution in [3.63, 3.8) is 0 Å². The van der Waals surface area contributed by atoms with Crippen LogP contribution in [0.1, 0.15) is 53.4 Å². The number of halogens is 1. The van der Waals surface area contributed by atoms with Crippen LogP contribution in [0, 0.1) is 5.41 Å². The molecule has 3 rings (SSSR count). The lowest BCUT2D eigenvalue weighted by molar-refractivity contribution is 0.00578. The molecule has 0 amide bonds. The Morgan fingerprint density at radius 2 is 1.54 bits per heavy atom. The monoisotopic (exact) mass is 359 g/mol. The van der Waals surface area contributed by atoms with Gasteiger partial charge in [-0.25, -0.2) is 17.1 Å². The first-order chi connectivity index (χ1) is 10.9. The van der Waals surface area contributed by atoms with Gasteiger partial charge in [-0.2, -0.15) is 0 Å². The summed E-state index contributed by atoms with van der Waals surface area (Å²) in [5.41, 5.74) is -0.557. The smallest absolute Gasteiger partial charge is 0.398 e. The van der Waals surface area contributed by atoms with Gasteiger partial charge in [0, 0.05) is 13.1 Å². The minimum Gasteiger partial charge on any atom is -0.398 e. The molecule has 2 saturated heterocycles. The highest BCUT2D eigenvalue weighted by Crippen LogP contribution is 2.54. The Balaban J connectivity index is 1.63. The minimum absolute atomic E-state index is 0.0531. The molecule has 5 nitrogen and oxygen atoms in total. The van der Waals surface area contributed by atoms with Gasteiger partial charge in [0.15, 0.2) is 0 Å². The van der Waals surface area contributed by atoms with Crippen LogP contribution in [0.5, 0.6) is 0 Å². The fourth-order valence-corrected chi connectivity index (χ4v) is 4.63. The molecule has 0 aromatic carbocycles. The maximum absolute atomic E-state index is 14.8. The van der Waals surface area contributed by atoms with Crippen LogP contribution in [0.3, 0.4) is 0 Å². The van der Waals surface area contributed by atoms with E-state index in [4.69, 9.17) is 9.31 Å². The first-order valence-corrected chi connectivity index (χ1v) is 10.4. The van der Waals surface area contributed by atoms with Crippen molar-refractivity contribution in [2.75, 3.05) is 19.3 Å². The fourth-order valence-electron chi connectivity index (χ4n) is 3.78. The van der Waals surface area contributed by atoms with E-state index in [1.807, 2.05) is 27.7 Å². The second-order valence-corrected chi connectivity index (χ2v) is 10.5. The van der Waals surface area contributed by atoms with Gasteiger partial charge in [0.1, 0.15) is 5.73 Å². The third kappa shape index (κ3) is 3.06. The predicted molar refractivity (Wildman–Crippen MR) is 91.5 cm³/mol. The van der Waals surface area contributed by atoms with Crippen LogP contribution in [-0.2, 0) is 19.3 Å². The summed E-state index contributed by atoms with van der Waals surface area (Å²) in [7, 11) is -4.04. The molecule has 3 aliphatic rings. The van der Waals surface area contributed by atoms with Crippen molar-refractivity contribution in [3.8, 4) is 0 Å². The molecule has 1 saturated carbocycles. The van der Waals surface area contributed by atoms with Crippen LogP contribution in [0.25, 0.3) is 0 Å². The third-order valence-electron chi connectivity index (χ3n) is 6.23. The summed E-state index contributed by atoms with van der Waals surface area (Å²) < 4.78 is 51.0. The van der Waals surface area contributed by atoms with Crippen LogP contribution in [-0.4, -0.2) is 50.4 Å². The molecule has 2 heterocycles. The lowest BCUT2D eigenvalue weighted by Crippen LogP contribution is -2.46. The van der Waals surface area contributed by atoms with Crippen molar-refractivity contribution in [1.29, 1.82) is 0 Å². The van der Waals surface area contributed by atoms with Gasteiger partial charge in [0.2, 0.25) is 10.0 Å². The third-order valence-corrected chi connectivity index (χ3v) is 7.53. The van der Waals surface area contributed by atoms with Crippen LogP contribution in [0.4, 0.5) is 4.39 Å². The zero-order chi connectivity index (χ0) is 18.0. The molecular formula is C16H27BFNO4S. The first kappa shape index (κ1) is 18.4. The fraction of sp³-hybridized carbons (Fsp3) is 0.875. The summed E-state index contributed by atoms with van der Waals surface area (Å²) >= 11 is 0. The van der Waals surface area contributed by atoms with Crippen LogP contribution >= 0.6 is 0 Å². The molecule has 1 spiro atoms. The highest BCUT2D eigenvalue weighted by Gasteiger charge is 2.55. The molecule has 0 aromatic heterocycles. The molecule has 0 N–H and O–H groups in total. The second-order valence-electron chi connectivity index (χ2n) is 8.56. The average Bonchev–Trinajstić information content (AvgIpc) is 2.63. The van der Waals surface area contributed by atoms with E-state index in [1.165, 1.54) is 10.6 Å². The van der Waals surface area contributed by atoms with E-state index in [2.05, 4.69) is 0 Å². The number of nitrogens with zero attached hydrogens (tertiary/aromatic N) is 1. The SMILES string of the molecule is CC1(C)OB(C(F)=C2CC3(CCN(S(C)(=O)=O)CC3)C2)OC1(C)C. The Labute approximate surface area is 144 Å². The number of hydrogen-bond donors (Lipinski definition) is 0. The molecule has 1 aliphatic carbocycles. The Morgan fingerprint density at radius 1 is 1.08 bits per heavy atom. The molecule has 0 unspecified atom stereocenters. The second kappa shape index (κ2) is 5.53. The van der Waals surface area contributed by atoms with E-state index >= 15 is 0 Å². The van der Waals surface area contributed by atoms with E-state index in [9.17, 15) is 12.8 Å². The number of piperidine rings is 1. The summed E-state index contributed by atoms with van der Waals surface area (Å²) in [5.74, 6) is 0. The Kier molecular flexibility index (Phi) is 4.23. The molecule has 2 aliphatic heterocycles. The zero-order valence-corrected chi connectivity index (χ0v) is 16.0. The summed E-state index contributed by atoms with van der Waals surface area (Å²) in [6, 6.07) is 0.